The highest BCUT2D eigenvalue weighted by Crippen LogP contribution is 2.14. The van der Waals surface area contributed by atoms with Gasteiger partial charge in [0.25, 0.3) is 10.0 Å². The molecule has 0 atom stereocenters. The van der Waals surface area contributed by atoms with Gasteiger partial charge in [-0.1, -0.05) is 11.6 Å². The Kier molecular flexibility index (Phi) is 4.82. The number of sulfonamides is 1. The number of hydrogen-bond acceptors (Lipinski definition) is 4. The topological polar surface area (TPSA) is 67.8 Å². The summed E-state index contributed by atoms with van der Waals surface area (Å²) in [7, 11) is -2.12. The van der Waals surface area contributed by atoms with Gasteiger partial charge in [-0.15, -0.1) is 0 Å². The maximum atomic E-state index is 11.9. The van der Waals surface area contributed by atoms with Crippen LogP contribution in [-0.4, -0.2) is 21.7 Å². The summed E-state index contributed by atoms with van der Waals surface area (Å²) >= 11 is 5.72. The molecule has 2 rings (SSSR count). The van der Waals surface area contributed by atoms with Crippen molar-refractivity contribution < 1.29 is 13.2 Å². The van der Waals surface area contributed by atoms with Gasteiger partial charge in [-0.3, -0.25) is 0 Å². The number of hydrogen-bond donors (Lipinski definition) is 1. The normalized spacial score (nSPS) is 11.5. The summed E-state index contributed by atoms with van der Waals surface area (Å²) in [5.41, 5.74) is 0.745. The van der Waals surface area contributed by atoms with Crippen molar-refractivity contribution >= 4 is 27.8 Å². The van der Waals surface area contributed by atoms with E-state index in [1.54, 1.807) is 31.4 Å². The van der Waals surface area contributed by atoms with Crippen LogP contribution in [0.5, 0.6) is 5.75 Å². The van der Waals surface area contributed by atoms with Crippen molar-refractivity contribution in [3.63, 3.8) is 0 Å². The molecule has 0 radical (unpaired) electrons. The maximum absolute atomic E-state index is 11.9. The standard InChI is InChI=1S/C14H13ClN2O3S/c1-20-13-6-2-11(3-7-13)10-16-17-21(18,19)14-8-4-12(15)5-9-14/h2-10,17H,1H3/b16-10+. The number of methoxy groups -OCH3 is 1. The molecule has 0 aliphatic rings. The largest absolute Gasteiger partial charge is 0.497 e. The van der Waals surface area contributed by atoms with E-state index in [-0.39, 0.29) is 4.90 Å². The summed E-state index contributed by atoms with van der Waals surface area (Å²) in [4.78, 5) is 2.24. The van der Waals surface area contributed by atoms with Crippen molar-refractivity contribution in [3.05, 3.63) is 59.1 Å². The van der Waals surface area contributed by atoms with Crippen LogP contribution in [-0.2, 0) is 10.0 Å². The van der Waals surface area contributed by atoms with Gasteiger partial charge in [0.2, 0.25) is 0 Å². The Morgan fingerprint density at radius 3 is 2.29 bits per heavy atom. The predicted molar refractivity (Wildman–Crippen MR) is 82.4 cm³/mol. The van der Waals surface area contributed by atoms with Crippen molar-refractivity contribution in [3.8, 4) is 5.75 Å². The van der Waals surface area contributed by atoms with E-state index in [2.05, 4.69) is 9.93 Å². The fourth-order valence-electron chi connectivity index (χ4n) is 1.53. The van der Waals surface area contributed by atoms with E-state index in [4.69, 9.17) is 16.3 Å². The van der Waals surface area contributed by atoms with Crippen LogP contribution in [0.2, 0.25) is 5.02 Å². The van der Waals surface area contributed by atoms with Crippen LogP contribution < -0.4 is 9.57 Å². The Hall–Kier alpha value is -2.05. The lowest BCUT2D eigenvalue weighted by Crippen LogP contribution is -2.18. The second kappa shape index (κ2) is 6.60. The Balaban J connectivity index is 2.06. The van der Waals surface area contributed by atoms with Gasteiger partial charge < -0.3 is 4.74 Å². The molecule has 0 heterocycles. The smallest absolute Gasteiger partial charge is 0.276 e. The monoisotopic (exact) mass is 324 g/mol. The van der Waals surface area contributed by atoms with Crippen LogP contribution >= 0.6 is 11.6 Å². The highest BCUT2D eigenvalue weighted by molar-refractivity contribution is 7.89. The molecule has 5 nitrogen and oxygen atoms in total. The first-order valence-electron chi connectivity index (χ1n) is 5.96. The van der Waals surface area contributed by atoms with Crippen LogP contribution in [0.3, 0.4) is 0 Å². The van der Waals surface area contributed by atoms with Gasteiger partial charge >= 0.3 is 0 Å². The van der Waals surface area contributed by atoms with E-state index in [9.17, 15) is 8.42 Å². The molecule has 0 saturated heterocycles. The fourth-order valence-corrected chi connectivity index (χ4v) is 2.44. The van der Waals surface area contributed by atoms with Crippen LogP contribution in [0.1, 0.15) is 5.56 Å². The van der Waals surface area contributed by atoms with Crippen molar-refractivity contribution in [2.45, 2.75) is 4.90 Å². The van der Waals surface area contributed by atoms with Crippen molar-refractivity contribution in [2.75, 3.05) is 7.11 Å². The molecule has 1 N–H and O–H groups in total. The molecule has 0 unspecified atom stereocenters. The Morgan fingerprint density at radius 2 is 1.71 bits per heavy atom. The average Bonchev–Trinajstić information content (AvgIpc) is 2.48. The van der Waals surface area contributed by atoms with Crippen LogP contribution in [0, 0.1) is 0 Å². The van der Waals surface area contributed by atoms with Crippen molar-refractivity contribution in [1.82, 2.24) is 4.83 Å². The van der Waals surface area contributed by atoms with E-state index < -0.39 is 10.0 Å². The first-order valence-corrected chi connectivity index (χ1v) is 7.82. The summed E-state index contributed by atoms with van der Waals surface area (Å²) < 4.78 is 28.9. The molecule has 0 aliphatic heterocycles. The molecule has 21 heavy (non-hydrogen) atoms. The maximum Gasteiger partial charge on any atom is 0.276 e. The van der Waals surface area contributed by atoms with Crippen LogP contribution in [0.25, 0.3) is 0 Å². The first-order chi connectivity index (χ1) is 10.0. The highest BCUT2D eigenvalue weighted by atomic mass is 35.5. The molecular formula is C14H13ClN2O3S. The number of halogens is 1. The van der Waals surface area contributed by atoms with Gasteiger partial charge in [-0.05, 0) is 54.1 Å². The number of hydrazone groups is 1. The zero-order chi connectivity index (χ0) is 15.3. The molecule has 0 bridgehead atoms. The lowest BCUT2D eigenvalue weighted by Gasteiger charge is -2.03. The number of nitrogens with zero attached hydrogens (tertiary/aromatic N) is 1. The summed E-state index contributed by atoms with van der Waals surface area (Å²) in [5.74, 6) is 0.717. The third kappa shape index (κ3) is 4.21. The van der Waals surface area contributed by atoms with Gasteiger partial charge in [0.15, 0.2) is 0 Å². The lowest BCUT2D eigenvalue weighted by molar-refractivity contribution is 0.415. The molecule has 7 heteroatoms. The van der Waals surface area contributed by atoms with Gasteiger partial charge in [0.05, 0.1) is 18.2 Å². The van der Waals surface area contributed by atoms with E-state index in [0.717, 1.165) is 5.56 Å². The van der Waals surface area contributed by atoms with Gasteiger partial charge in [0.1, 0.15) is 5.75 Å². The van der Waals surface area contributed by atoms with Gasteiger partial charge in [-0.25, -0.2) is 4.83 Å². The molecule has 0 saturated carbocycles. The third-order valence-electron chi connectivity index (χ3n) is 2.63. The quantitative estimate of drug-likeness (QED) is 0.679. The van der Waals surface area contributed by atoms with Crippen LogP contribution in [0.15, 0.2) is 58.5 Å². The number of rotatable bonds is 5. The van der Waals surface area contributed by atoms with Gasteiger partial charge in [-0.2, -0.15) is 13.5 Å². The Labute approximate surface area is 128 Å². The average molecular weight is 325 g/mol. The fraction of sp³-hybridized carbons (Fsp3) is 0.0714. The molecule has 2 aromatic carbocycles. The number of ether oxygens (including phenoxy) is 1. The van der Waals surface area contributed by atoms with E-state index in [1.165, 1.54) is 30.5 Å². The minimum atomic E-state index is -3.69. The Bertz CT molecular complexity index is 726. The van der Waals surface area contributed by atoms with E-state index >= 15 is 0 Å². The molecule has 2 aromatic rings. The molecular weight excluding hydrogens is 312 g/mol. The second-order valence-electron chi connectivity index (χ2n) is 4.08. The Morgan fingerprint density at radius 1 is 1.10 bits per heavy atom. The summed E-state index contributed by atoms with van der Waals surface area (Å²) in [6.45, 7) is 0. The van der Waals surface area contributed by atoms with Gasteiger partial charge in [0, 0.05) is 5.02 Å². The summed E-state index contributed by atoms with van der Waals surface area (Å²) in [6.07, 6.45) is 1.41. The van der Waals surface area contributed by atoms with Crippen molar-refractivity contribution in [2.24, 2.45) is 5.10 Å². The number of benzene rings is 2. The second-order valence-corrected chi connectivity index (χ2v) is 6.18. The summed E-state index contributed by atoms with van der Waals surface area (Å²) in [5, 5.41) is 4.20. The minimum Gasteiger partial charge on any atom is -0.497 e. The number of nitrogens with one attached hydrogen (secondary N) is 1. The third-order valence-corrected chi connectivity index (χ3v) is 4.12. The molecule has 110 valence electrons. The molecule has 0 aromatic heterocycles. The van der Waals surface area contributed by atoms with Crippen LogP contribution in [0.4, 0.5) is 0 Å². The predicted octanol–water partition coefficient (Wildman–Crippen LogP) is 2.66. The molecule has 0 amide bonds. The minimum absolute atomic E-state index is 0.0961. The molecule has 0 aliphatic carbocycles. The first kappa shape index (κ1) is 15.3. The van der Waals surface area contributed by atoms with E-state index in [1.807, 2.05) is 0 Å². The SMILES string of the molecule is COc1ccc(/C=N/NS(=O)(=O)c2ccc(Cl)cc2)cc1. The van der Waals surface area contributed by atoms with Crippen molar-refractivity contribution in [1.29, 1.82) is 0 Å². The summed E-state index contributed by atoms with van der Waals surface area (Å²) in [6, 6.07) is 12.9. The van der Waals surface area contributed by atoms with E-state index in [0.29, 0.717) is 10.8 Å². The zero-order valence-electron chi connectivity index (χ0n) is 11.2. The molecule has 0 spiro atoms. The molecule has 0 fully saturated rings. The highest BCUT2D eigenvalue weighted by Gasteiger charge is 2.11. The lowest BCUT2D eigenvalue weighted by atomic mass is 10.2. The zero-order valence-corrected chi connectivity index (χ0v) is 12.7.